The summed E-state index contributed by atoms with van der Waals surface area (Å²) in [6.45, 7) is 4.29. The molecular formula is C23H30ClN5O5S. The van der Waals surface area contributed by atoms with Crippen LogP contribution in [0.15, 0.2) is 36.5 Å². The Morgan fingerprint density at radius 2 is 1.83 bits per heavy atom. The Morgan fingerprint density at radius 1 is 1.11 bits per heavy atom. The largest absolute Gasteiger partial charge is 0.593 e. The number of para-hydroxylation sites is 1. The highest BCUT2D eigenvalue weighted by molar-refractivity contribution is 7.93. The summed E-state index contributed by atoms with van der Waals surface area (Å²) in [5.74, 6) is 1.76. The highest BCUT2D eigenvalue weighted by Gasteiger charge is 2.30. The summed E-state index contributed by atoms with van der Waals surface area (Å²) >= 11 is 4.41. The molecular weight excluding hydrogens is 494 g/mol. The predicted octanol–water partition coefficient (Wildman–Crippen LogP) is 3.15. The molecule has 3 rings (SSSR count). The molecule has 0 aliphatic carbocycles. The lowest BCUT2D eigenvalue weighted by Crippen LogP contribution is -2.31. The fourth-order valence-corrected chi connectivity index (χ4v) is 4.55. The Bertz CT molecular complexity index is 1060. The molecule has 2 heterocycles. The fourth-order valence-electron chi connectivity index (χ4n) is 3.43. The first-order valence-electron chi connectivity index (χ1n) is 11.0. The number of pyridine rings is 1. The lowest BCUT2D eigenvalue weighted by atomic mass is 10.0. The zero-order valence-corrected chi connectivity index (χ0v) is 21.7. The molecule has 3 aromatic rings. The molecule has 12 heteroatoms. The van der Waals surface area contributed by atoms with Crippen LogP contribution >= 0.6 is 11.6 Å². The third-order valence-electron chi connectivity index (χ3n) is 5.51. The van der Waals surface area contributed by atoms with Crippen LogP contribution in [0.1, 0.15) is 31.3 Å². The Morgan fingerprint density at radius 3 is 2.43 bits per heavy atom. The summed E-state index contributed by atoms with van der Waals surface area (Å²) in [7, 11) is 3.11. The first kappa shape index (κ1) is 27.0. The van der Waals surface area contributed by atoms with Crippen molar-refractivity contribution in [3.63, 3.8) is 0 Å². The second kappa shape index (κ2) is 12.9. The van der Waals surface area contributed by atoms with E-state index in [-0.39, 0.29) is 30.3 Å². The van der Waals surface area contributed by atoms with Crippen molar-refractivity contribution < 1.29 is 23.9 Å². The van der Waals surface area contributed by atoms with Crippen LogP contribution < -0.4 is 14.2 Å². The van der Waals surface area contributed by atoms with Crippen LogP contribution in [0.5, 0.6) is 11.5 Å². The highest BCUT2D eigenvalue weighted by atomic mass is 35.5. The number of methoxy groups -OCH3 is 2. The van der Waals surface area contributed by atoms with Gasteiger partial charge in [-0.15, -0.1) is 10.2 Å². The van der Waals surface area contributed by atoms with Crippen molar-refractivity contribution in [2.45, 2.75) is 31.4 Å². The molecule has 35 heavy (non-hydrogen) atoms. The van der Waals surface area contributed by atoms with Crippen molar-refractivity contribution in [2.24, 2.45) is 0 Å². The van der Waals surface area contributed by atoms with Crippen molar-refractivity contribution in [2.75, 3.05) is 38.8 Å². The minimum atomic E-state index is -1.54. The molecule has 3 unspecified atom stereocenters. The maximum atomic E-state index is 13.3. The normalized spacial score (nSPS) is 13.8. The SMILES string of the molecule is COc1cccc(OC)c1-n1c(CCOCCO)nnc1N[S+]([O-])C(C)C(C)c1ccc(Cl)cn1. The fraction of sp³-hybridized carbons (Fsp3) is 0.435. The van der Waals surface area contributed by atoms with E-state index in [1.165, 1.54) is 0 Å². The molecule has 0 saturated heterocycles. The van der Waals surface area contributed by atoms with Gasteiger partial charge in [0.15, 0.2) is 0 Å². The zero-order chi connectivity index (χ0) is 25.4. The number of hydrogen-bond donors (Lipinski definition) is 2. The van der Waals surface area contributed by atoms with Crippen LogP contribution in [0.25, 0.3) is 5.69 Å². The monoisotopic (exact) mass is 523 g/mol. The lowest BCUT2D eigenvalue weighted by Gasteiger charge is -2.23. The van der Waals surface area contributed by atoms with Gasteiger partial charge in [0.2, 0.25) is 0 Å². The van der Waals surface area contributed by atoms with E-state index in [2.05, 4.69) is 19.9 Å². The average molecular weight is 524 g/mol. The van der Waals surface area contributed by atoms with E-state index in [1.807, 2.05) is 26.0 Å². The Labute approximate surface area is 212 Å². The van der Waals surface area contributed by atoms with Gasteiger partial charge in [0.05, 0.1) is 50.4 Å². The molecule has 0 amide bonds. The van der Waals surface area contributed by atoms with Gasteiger partial charge in [-0.25, -0.2) is 0 Å². The standard InChI is InChI=1S/C23H30ClN5O5S/c1-15(18-9-8-17(24)14-25-18)16(2)35(31)28-23-27-26-21(10-12-34-13-11-30)29(23)22-19(32-3)6-5-7-20(22)33-4/h5-9,14-16,30H,10-13H2,1-4H3,(H,27,28). The van der Waals surface area contributed by atoms with Crippen LogP contribution in [0.3, 0.4) is 0 Å². The van der Waals surface area contributed by atoms with E-state index in [0.29, 0.717) is 41.1 Å². The number of hydrogen-bond acceptors (Lipinski definition) is 9. The second-order valence-corrected chi connectivity index (χ2v) is 9.65. The third kappa shape index (κ3) is 6.56. The van der Waals surface area contributed by atoms with E-state index in [1.54, 1.807) is 43.2 Å². The van der Waals surface area contributed by atoms with Crippen molar-refractivity contribution in [1.29, 1.82) is 0 Å². The van der Waals surface area contributed by atoms with Crippen LogP contribution in [0, 0.1) is 0 Å². The number of anilines is 1. The molecule has 0 spiro atoms. The number of aliphatic hydroxyl groups excluding tert-OH is 1. The number of aromatic nitrogens is 4. The van der Waals surface area contributed by atoms with Gasteiger partial charge in [-0.05, 0) is 31.2 Å². The van der Waals surface area contributed by atoms with E-state index in [0.717, 1.165) is 5.69 Å². The maximum Gasteiger partial charge on any atom is 0.271 e. The van der Waals surface area contributed by atoms with Crippen molar-refractivity contribution in [3.05, 3.63) is 53.1 Å². The number of nitrogens with one attached hydrogen (secondary N) is 1. The number of halogens is 1. The van der Waals surface area contributed by atoms with Crippen LogP contribution in [-0.4, -0.2) is 68.7 Å². The van der Waals surface area contributed by atoms with Gasteiger partial charge in [0, 0.05) is 24.2 Å². The molecule has 0 aliphatic heterocycles. The molecule has 0 saturated carbocycles. The molecule has 1 aromatic carbocycles. The Hall–Kier alpha value is -2.57. The summed E-state index contributed by atoms with van der Waals surface area (Å²) in [4.78, 5) is 4.36. The molecule has 190 valence electrons. The molecule has 2 aromatic heterocycles. The van der Waals surface area contributed by atoms with Gasteiger partial charge in [0.25, 0.3) is 5.95 Å². The maximum absolute atomic E-state index is 13.3. The second-order valence-electron chi connectivity index (χ2n) is 7.67. The quantitative estimate of drug-likeness (QED) is 0.256. The van der Waals surface area contributed by atoms with Crippen LogP contribution in [-0.2, 0) is 22.5 Å². The first-order valence-corrected chi connectivity index (χ1v) is 12.6. The average Bonchev–Trinajstić information content (AvgIpc) is 3.27. The van der Waals surface area contributed by atoms with Crippen LogP contribution in [0.4, 0.5) is 5.95 Å². The molecule has 0 bridgehead atoms. The van der Waals surface area contributed by atoms with Gasteiger partial charge in [-0.2, -0.15) is 4.72 Å². The topological polar surface area (TPSA) is 127 Å². The lowest BCUT2D eigenvalue weighted by molar-refractivity contribution is 0.0934. The highest BCUT2D eigenvalue weighted by Crippen LogP contribution is 2.36. The number of rotatable bonds is 13. The first-order chi connectivity index (χ1) is 16.9. The molecule has 3 atom stereocenters. The number of ether oxygens (including phenoxy) is 3. The molecule has 2 N–H and O–H groups in total. The molecule has 0 aliphatic rings. The third-order valence-corrected chi connectivity index (χ3v) is 7.20. The van der Waals surface area contributed by atoms with E-state index in [4.69, 9.17) is 30.9 Å². The summed E-state index contributed by atoms with van der Waals surface area (Å²) in [6, 6.07) is 8.99. The van der Waals surface area contributed by atoms with Gasteiger partial charge in [-0.3, -0.25) is 9.55 Å². The summed E-state index contributed by atoms with van der Waals surface area (Å²) in [5.41, 5.74) is 1.35. The molecule has 10 nitrogen and oxygen atoms in total. The van der Waals surface area contributed by atoms with Crippen molar-refractivity contribution >= 4 is 28.9 Å². The summed E-state index contributed by atoms with van der Waals surface area (Å²) in [5, 5.41) is 17.8. The number of benzene rings is 1. The smallest absolute Gasteiger partial charge is 0.271 e. The minimum absolute atomic E-state index is 0.0721. The number of nitrogens with zero attached hydrogens (tertiary/aromatic N) is 4. The minimum Gasteiger partial charge on any atom is -0.593 e. The van der Waals surface area contributed by atoms with Crippen molar-refractivity contribution in [1.82, 2.24) is 19.7 Å². The van der Waals surface area contributed by atoms with E-state index >= 15 is 0 Å². The molecule has 0 radical (unpaired) electrons. The van der Waals surface area contributed by atoms with Gasteiger partial charge in [-0.1, -0.05) is 24.6 Å². The Kier molecular flexibility index (Phi) is 9.99. The zero-order valence-electron chi connectivity index (χ0n) is 20.1. The van der Waals surface area contributed by atoms with Crippen molar-refractivity contribution in [3.8, 4) is 17.2 Å². The van der Waals surface area contributed by atoms with Crippen LogP contribution in [0.2, 0.25) is 5.02 Å². The number of aliphatic hydroxyl groups is 1. The molecule has 0 fully saturated rings. The van der Waals surface area contributed by atoms with Gasteiger partial charge < -0.3 is 23.9 Å². The summed E-state index contributed by atoms with van der Waals surface area (Å²) in [6.07, 6.45) is 1.97. The van der Waals surface area contributed by atoms with E-state index < -0.39 is 11.4 Å². The van der Waals surface area contributed by atoms with Gasteiger partial charge in [0.1, 0.15) is 28.3 Å². The van der Waals surface area contributed by atoms with Gasteiger partial charge >= 0.3 is 0 Å². The van der Waals surface area contributed by atoms with E-state index in [9.17, 15) is 4.55 Å². The predicted molar refractivity (Wildman–Crippen MR) is 135 cm³/mol. The Balaban J connectivity index is 1.93. The summed E-state index contributed by atoms with van der Waals surface area (Å²) < 4.78 is 34.7.